The summed E-state index contributed by atoms with van der Waals surface area (Å²) in [6.45, 7) is 11.2. The number of aryl methyl sites for hydroxylation is 3. The summed E-state index contributed by atoms with van der Waals surface area (Å²) in [5, 5.41) is 7.36. The van der Waals surface area contributed by atoms with Crippen LogP contribution in [-0.4, -0.2) is 22.2 Å². The highest BCUT2D eigenvalue weighted by atomic mass is 16.2. The second-order valence-electron chi connectivity index (χ2n) is 5.97. The van der Waals surface area contributed by atoms with E-state index < -0.39 is 0 Å². The predicted octanol–water partition coefficient (Wildman–Crippen LogP) is 2.78. The highest BCUT2D eigenvalue weighted by molar-refractivity contribution is 5.75. The van der Waals surface area contributed by atoms with Crippen LogP contribution in [0.2, 0.25) is 0 Å². The zero-order valence-corrected chi connectivity index (χ0v) is 14.2. The molecule has 2 aromatic rings. The minimum absolute atomic E-state index is 0.00873. The number of aromatic nitrogens is 2. The van der Waals surface area contributed by atoms with Gasteiger partial charge in [-0.15, -0.1) is 0 Å². The molecule has 118 valence electrons. The van der Waals surface area contributed by atoms with Gasteiger partial charge >= 0.3 is 0 Å². The second-order valence-corrected chi connectivity index (χ2v) is 5.97. The standard InChI is InChI=1S/C18H25N3O/c1-12-6-7-17(10-13(12)2)8-9-19-18(22)11-21-16(5)14(3)15(4)20-21/h6-7,10H,8-9,11H2,1-5H3,(H,19,22). The van der Waals surface area contributed by atoms with E-state index in [4.69, 9.17) is 0 Å². The number of benzene rings is 1. The van der Waals surface area contributed by atoms with Gasteiger partial charge in [-0.25, -0.2) is 0 Å². The Kier molecular flexibility index (Phi) is 5.01. The molecule has 1 heterocycles. The van der Waals surface area contributed by atoms with Crippen LogP contribution in [0.15, 0.2) is 18.2 Å². The maximum Gasteiger partial charge on any atom is 0.241 e. The lowest BCUT2D eigenvalue weighted by Crippen LogP contribution is -2.30. The molecule has 0 aliphatic heterocycles. The van der Waals surface area contributed by atoms with Gasteiger partial charge < -0.3 is 5.32 Å². The molecule has 0 atom stereocenters. The molecule has 0 spiro atoms. The van der Waals surface area contributed by atoms with Crippen LogP contribution in [0.1, 0.15) is 33.6 Å². The Morgan fingerprint density at radius 1 is 1.14 bits per heavy atom. The summed E-state index contributed by atoms with van der Waals surface area (Å²) < 4.78 is 1.77. The highest BCUT2D eigenvalue weighted by Crippen LogP contribution is 2.11. The minimum atomic E-state index is 0.00873. The van der Waals surface area contributed by atoms with Crippen LogP contribution in [0, 0.1) is 34.6 Å². The first-order chi connectivity index (χ1) is 10.4. The lowest BCUT2D eigenvalue weighted by atomic mass is 10.0. The fraction of sp³-hybridized carbons (Fsp3) is 0.444. The molecule has 4 nitrogen and oxygen atoms in total. The van der Waals surface area contributed by atoms with Crippen molar-refractivity contribution in [3.63, 3.8) is 0 Å². The van der Waals surface area contributed by atoms with E-state index >= 15 is 0 Å². The van der Waals surface area contributed by atoms with Crippen molar-refractivity contribution in [1.29, 1.82) is 0 Å². The van der Waals surface area contributed by atoms with E-state index in [1.807, 2.05) is 20.8 Å². The SMILES string of the molecule is Cc1ccc(CCNC(=O)Cn2nc(C)c(C)c2C)cc1C. The molecule has 0 bridgehead atoms. The van der Waals surface area contributed by atoms with E-state index in [0.717, 1.165) is 23.4 Å². The summed E-state index contributed by atoms with van der Waals surface area (Å²) in [6, 6.07) is 6.44. The molecule has 2 rings (SSSR count). The maximum absolute atomic E-state index is 12.0. The number of hydrogen-bond donors (Lipinski definition) is 1. The van der Waals surface area contributed by atoms with Gasteiger partial charge in [0, 0.05) is 12.2 Å². The van der Waals surface area contributed by atoms with Crippen LogP contribution < -0.4 is 5.32 Å². The third-order valence-electron chi connectivity index (χ3n) is 4.34. The zero-order valence-electron chi connectivity index (χ0n) is 14.2. The third-order valence-corrected chi connectivity index (χ3v) is 4.34. The van der Waals surface area contributed by atoms with Gasteiger partial charge in [0.05, 0.1) is 5.69 Å². The van der Waals surface area contributed by atoms with E-state index in [0.29, 0.717) is 6.54 Å². The summed E-state index contributed by atoms with van der Waals surface area (Å²) in [5.41, 5.74) is 7.05. The average molecular weight is 299 g/mol. The molecule has 0 aliphatic rings. The Hall–Kier alpha value is -2.10. The number of nitrogens with one attached hydrogen (secondary N) is 1. The quantitative estimate of drug-likeness (QED) is 0.923. The van der Waals surface area contributed by atoms with Crippen LogP contribution in [0.4, 0.5) is 0 Å². The van der Waals surface area contributed by atoms with Gasteiger partial charge in [-0.05, 0) is 63.3 Å². The van der Waals surface area contributed by atoms with Crippen molar-refractivity contribution in [3.8, 4) is 0 Å². The highest BCUT2D eigenvalue weighted by Gasteiger charge is 2.10. The normalized spacial score (nSPS) is 10.8. The summed E-state index contributed by atoms with van der Waals surface area (Å²) in [6.07, 6.45) is 0.850. The Morgan fingerprint density at radius 3 is 2.45 bits per heavy atom. The predicted molar refractivity (Wildman–Crippen MR) is 89.1 cm³/mol. The maximum atomic E-state index is 12.0. The van der Waals surface area contributed by atoms with Crippen LogP contribution in [0.5, 0.6) is 0 Å². The number of carbonyl (C=O) groups excluding carboxylic acids is 1. The van der Waals surface area contributed by atoms with Gasteiger partial charge in [0.2, 0.25) is 5.91 Å². The molecule has 0 aliphatic carbocycles. The Labute approximate surface area is 132 Å². The van der Waals surface area contributed by atoms with Gasteiger partial charge in [-0.3, -0.25) is 9.48 Å². The molecule has 0 fully saturated rings. The lowest BCUT2D eigenvalue weighted by molar-refractivity contribution is -0.121. The first-order valence-electron chi connectivity index (χ1n) is 7.72. The second kappa shape index (κ2) is 6.77. The molecule has 22 heavy (non-hydrogen) atoms. The number of amides is 1. The van der Waals surface area contributed by atoms with E-state index in [1.165, 1.54) is 16.7 Å². The van der Waals surface area contributed by atoms with Crippen molar-refractivity contribution in [2.75, 3.05) is 6.54 Å². The molecule has 1 amide bonds. The van der Waals surface area contributed by atoms with Gasteiger partial charge in [-0.1, -0.05) is 18.2 Å². The summed E-state index contributed by atoms with van der Waals surface area (Å²) >= 11 is 0. The van der Waals surface area contributed by atoms with Crippen LogP contribution in [-0.2, 0) is 17.8 Å². The Morgan fingerprint density at radius 2 is 1.86 bits per heavy atom. The monoisotopic (exact) mass is 299 g/mol. The minimum Gasteiger partial charge on any atom is -0.354 e. The van der Waals surface area contributed by atoms with Crippen molar-refractivity contribution in [2.24, 2.45) is 0 Å². The van der Waals surface area contributed by atoms with Gasteiger partial charge in [-0.2, -0.15) is 5.10 Å². The fourth-order valence-electron chi connectivity index (χ4n) is 2.44. The summed E-state index contributed by atoms with van der Waals surface area (Å²) in [4.78, 5) is 12.0. The molecule has 1 N–H and O–H groups in total. The van der Waals surface area contributed by atoms with E-state index in [9.17, 15) is 4.79 Å². The number of rotatable bonds is 5. The van der Waals surface area contributed by atoms with E-state index in [2.05, 4.69) is 42.5 Å². The van der Waals surface area contributed by atoms with Gasteiger partial charge in [0.1, 0.15) is 6.54 Å². The Bertz CT molecular complexity index is 686. The van der Waals surface area contributed by atoms with E-state index in [-0.39, 0.29) is 12.5 Å². The largest absolute Gasteiger partial charge is 0.354 e. The summed E-state index contributed by atoms with van der Waals surface area (Å²) in [5.74, 6) is 0.00873. The van der Waals surface area contributed by atoms with Crippen LogP contribution in [0.3, 0.4) is 0 Å². The van der Waals surface area contributed by atoms with Crippen molar-refractivity contribution in [2.45, 2.75) is 47.6 Å². The first-order valence-corrected chi connectivity index (χ1v) is 7.72. The average Bonchev–Trinajstić information content (AvgIpc) is 2.70. The molecular weight excluding hydrogens is 274 g/mol. The van der Waals surface area contributed by atoms with Crippen LogP contribution in [0.25, 0.3) is 0 Å². The van der Waals surface area contributed by atoms with Crippen LogP contribution >= 0.6 is 0 Å². The van der Waals surface area contributed by atoms with Crippen molar-refractivity contribution >= 4 is 5.91 Å². The molecule has 1 aromatic heterocycles. The third kappa shape index (κ3) is 3.75. The zero-order chi connectivity index (χ0) is 16.3. The van der Waals surface area contributed by atoms with E-state index in [1.54, 1.807) is 4.68 Å². The topological polar surface area (TPSA) is 46.9 Å². The van der Waals surface area contributed by atoms with Crippen molar-refractivity contribution in [3.05, 3.63) is 51.8 Å². The molecule has 1 aromatic carbocycles. The lowest BCUT2D eigenvalue weighted by Gasteiger charge is -2.08. The van der Waals surface area contributed by atoms with Gasteiger partial charge in [0.15, 0.2) is 0 Å². The Balaban J connectivity index is 1.85. The molecule has 0 unspecified atom stereocenters. The molecule has 0 saturated heterocycles. The first kappa shape index (κ1) is 16.3. The number of nitrogens with zero attached hydrogens (tertiary/aromatic N) is 2. The number of carbonyl (C=O) groups is 1. The molecule has 0 radical (unpaired) electrons. The molecule has 4 heteroatoms. The number of hydrogen-bond acceptors (Lipinski definition) is 2. The van der Waals surface area contributed by atoms with Crippen molar-refractivity contribution < 1.29 is 4.79 Å². The molecule has 0 saturated carbocycles. The fourth-order valence-corrected chi connectivity index (χ4v) is 2.44. The molecular formula is C18H25N3O. The smallest absolute Gasteiger partial charge is 0.241 e. The van der Waals surface area contributed by atoms with Gasteiger partial charge in [0.25, 0.3) is 0 Å². The van der Waals surface area contributed by atoms with Crippen molar-refractivity contribution in [1.82, 2.24) is 15.1 Å². The summed E-state index contributed by atoms with van der Waals surface area (Å²) in [7, 11) is 0.